The number of aromatic nitrogens is 2. The Kier molecular flexibility index (Phi) is 5.87. The van der Waals surface area contributed by atoms with E-state index >= 15 is 0 Å². The van der Waals surface area contributed by atoms with E-state index in [1.807, 2.05) is 54.6 Å². The minimum absolute atomic E-state index is 0.0182. The Morgan fingerprint density at radius 3 is 2.55 bits per heavy atom. The number of nitrogens with zero attached hydrogens (tertiary/aromatic N) is 2. The van der Waals surface area contributed by atoms with Crippen molar-refractivity contribution in [2.75, 3.05) is 5.32 Å². The fourth-order valence-corrected chi connectivity index (χ4v) is 4.37. The molecule has 3 aromatic rings. The highest BCUT2D eigenvalue weighted by molar-refractivity contribution is 7.99. The van der Waals surface area contributed by atoms with E-state index in [0.717, 1.165) is 22.6 Å². The summed E-state index contributed by atoms with van der Waals surface area (Å²) >= 11 is 7.65. The number of benzene rings is 2. The van der Waals surface area contributed by atoms with Crippen LogP contribution in [-0.4, -0.2) is 15.7 Å². The van der Waals surface area contributed by atoms with Gasteiger partial charge in [0.25, 0.3) is 6.43 Å². The molecule has 0 bridgehead atoms. The molecule has 4 rings (SSSR count). The Balaban J connectivity index is 1.52. The highest BCUT2D eigenvalue weighted by Crippen LogP contribution is 2.45. The van der Waals surface area contributed by atoms with Crippen LogP contribution in [-0.2, 0) is 11.3 Å². The fraction of sp³-hybridized carbons (Fsp3) is 0.238. The number of nitrogens with one attached hydrogen (secondary N) is 1. The number of hydrogen-bond donors (Lipinski definition) is 1. The summed E-state index contributed by atoms with van der Waals surface area (Å²) in [6.07, 6.45) is -1.04. The molecule has 0 aliphatic heterocycles. The lowest BCUT2D eigenvalue weighted by atomic mass is 10.2. The zero-order chi connectivity index (χ0) is 20.4. The van der Waals surface area contributed by atoms with Crippen molar-refractivity contribution in [3.8, 4) is 0 Å². The van der Waals surface area contributed by atoms with Crippen LogP contribution >= 0.6 is 23.4 Å². The maximum Gasteiger partial charge on any atom is 0.283 e. The summed E-state index contributed by atoms with van der Waals surface area (Å²) in [5.74, 6) is -0.246. The number of amides is 1. The number of anilines is 1. The van der Waals surface area contributed by atoms with Crippen LogP contribution in [0.3, 0.4) is 0 Å². The van der Waals surface area contributed by atoms with Crippen LogP contribution in [0.5, 0.6) is 0 Å². The molecule has 1 heterocycles. The lowest BCUT2D eigenvalue weighted by Crippen LogP contribution is -2.21. The Morgan fingerprint density at radius 2 is 1.86 bits per heavy atom. The highest BCUT2D eigenvalue weighted by atomic mass is 35.5. The molecule has 1 fully saturated rings. The smallest absolute Gasteiger partial charge is 0.283 e. The van der Waals surface area contributed by atoms with Gasteiger partial charge in [0, 0.05) is 15.7 Å². The van der Waals surface area contributed by atoms with Crippen molar-refractivity contribution in [2.24, 2.45) is 0 Å². The summed E-state index contributed by atoms with van der Waals surface area (Å²) in [5.41, 5.74) is 0.733. The number of carbonyl (C=O) groups is 1. The van der Waals surface area contributed by atoms with Gasteiger partial charge in [-0.25, -0.2) is 8.78 Å². The van der Waals surface area contributed by atoms with Crippen LogP contribution in [0.15, 0.2) is 64.4 Å². The van der Waals surface area contributed by atoms with Gasteiger partial charge in [0.15, 0.2) is 0 Å². The van der Waals surface area contributed by atoms with Crippen LogP contribution in [0.4, 0.5) is 14.5 Å². The maximum absolute atomic E-state index is 13.2. The summed E-state index contributed by atoms with van der Waals surface area (Å²) in [7, 11) is 0. The third kappa shape index (κ3) is 4.62. The molecule has 1 amide bonds. The monoisotopic (exact) mass is 433 g/mol. The van der Waals surface area contributed by atoms with Gasteiger partial charge in [0.2, 0.25) is 5.91 Å². The molecule has 1 saturated carbocycles. The standard InChI is InChI=1S/C21H18ClF2N3OS/c22-18-19(21(23)24)26-27(20(18)13-10-11-13)12-17(28)25-15-8-4-5-9-16(15)29-14-6-2-1-3-7-14/h1-9,13,21H,10-12H2,(H,25,28). The summed E-state index contributed by atoms with van der Waals surface area (Å²) in [6, 6.07) is 17.3. The van der Waals surface area contributed by atoms with E-state index in [1.165, 1.54) is 16.4 Å². The Morgan fingerprint density at radius 1 is 1.17 bits per heavy atom. The van der Waals surface area contributed by atoms with Crippen molar-refractivity contribution >= 4 is 35.0 Å². The first-order valence-electron chi connectivity index (χ1n) is 9.19. The molecule has 0 spiro atoms. The Bertz CT molecular complexity index is 1020. The van der Waals surface area contributed by atoms with Gasteiger partial charge >= 0.3 is 0 Å². The van der Waals surface area contributed by atoms with Crippen LogP contribution in [0.1, 0.15) is 36.6 Å². The molecule has 0 atom stereocenters. The largest absolute Gasteiger partial charge is 0.323 e. The first-order chi connectivity index (χ1) is 14.0. The van der Waals surface area contributed by atoms with E-state index in [0.29, 0.717) is 11.4 Å². The summed E-state index contributed by atoms with van der Waals surface area (Å²) in [5, 5.41) is 6.77. The molecule has 4 nitrogen and oxygen atoms in total. The second-order valence-electron chi connectivity index (χ2n) is 6.78. The van der Waals surface area contributed by atoms with E-state index in [-0.39, 0.29) is 23.4 Å². The van der Waals surface area contributed by atoms with Crippen molar-refractivity contribution in [3.05, 3.63) is 71.0 Å². The lowest BCUT2D eigenvalue weighted by molar-refractivity contribution is -0.117. The molecule has 8 heteroatoms. The van der Waals surface area contributed by atoms with Gasteiger partial charge in [-0.1, -0.05) is 53.7 Å². The molecule has 150 valence electrons. The van der Waals surface area contributed by atoms with Crippen molar-refractivity contribution in [3.63, 3.8) is 0 Å². The quantitative estimate of drug-likeness (QED) is 0.486. The van der Waals surface area contributed by atoms with Crippen molar-refractivity contribution in [2.45, 2.75) is 41.5 Å². The molecule has 1 N–H and O–H groups in total. The third-order valence-corrected chi connectivity index (χ3v) is 6.02. The van der Waals surface area contributed by atoms with Crippen LogP contribution in [0, 0.1) is 0 Å². The van der Waals surface area contributed by atoms with E-state index in [2.05, 4.69) is 10.4 Å². The van der Waals surface area contributed by atoms with Gasteiger partial charge < -0.3 is 5.32 Å². The number of hydrogen-bond acceptors (Lipinski definition) is 3. The van der Waals surface area contributed by atoms with Gasteiger partial charge in [0.05, 0.1) is 16.4 Å². The predicted molar refractivity (Wildman–Crippen MR) is 110 cm³/mol. The minimum atomic E-state index is -2.77. The molecule has 0 unspecified atom stereocenters. The molecule has 1 aromatic heterocycles. The highest BCUT2D eigenvalue weighted by Gasteiger charge is 2.34. The molecule has 29 heavy (non-hydrogen) atoms. The van der Waals surface area contributed by atoms with E-state index in [1.54, 1.807) is 0 Å². The lowest BCUT2D eigenvalue weighted by Gasteiger charge is -2.12. The van der Waals surface area contributed by atoms with Crippen LogP contribution in [0.25, 0.3) is 0 Å². The molecular formula is C21H18ClF2N3OS. The van der Waals surface area contributed by atoms with E-state index in [9.17, 15) is 13.6 Å². The van der Waals surface area contributed by atoms with Gasteiger partial charge in [-0.05, 0) is 37.1 Å². The molecule has 2 aromatic carbocycles. The fourth-order valence-electron chi connectivity index (χ4n) is 3.08. The number of para-hydroxylation sites is 1. The SMILES string of the molecule is O=C(Cn1nc(C(F)F)c(Cl)c1C1CC1)Nc1ccccc1Sc1ccccc1. The molecule has 1 aliphatic rings. The topological polar surface area (TPSA) is 46.9 Å². The van der Waals surface area contributed by atoms with Crippen molar-refractivity contribution in [1.29, 1.82) is 0 Å². The molecule has 0 radical (unpaired) electrons. The average Bonchev–Trinajstić information content (AvgIpc) is 3.48. The first kappa shape index (κ1) is 19.9. The molecule has 0 saturated heterocycles. The number of carbonyl (C=O) groups excluding carboxylic acids is 1. The zero-order valence-corrected chi connectivity index (χ0v) is 16.9. The second-order valence-corrected chi connectivity index (χ2v) is 8.27. The van der Waals surface area contributed by atoms with Gasteiger partial charge in [-0.2, -0.15) is 5.10 Å². The zero-order valence-electron chi connectivity index (χ0n) is 15.3. The van der Waals surface area contributed by atoms with Crippen molar-refractivity contribution < 1.29 is 13.6 Å². The third-order valence-electron chi connectivity index (χ3n) is 4.55. The number of rotatable bonds is 7. The average molecular weight is 434 g/mol. The van der Waals surface area contributed by atoms with E-state index < -0.39 is 12.1 Å². The van der Waals surface area contributed by atoms with Crippen LogP contribution < -0.4 is 5.32 Å². The number of alkyl halides is 2. The normalized spacial score (nSPS) is 13.7. The predicted octanol–water partition coefficient (Wildman–Crippen LogP) is 6.14. The summed E-state index contributed by atoms with van der Waals surface area (Å²) in [6.45, 7) is -0.164. The maximum atomic E-state index is 13.2. The second kappa shape index (κ2) is 8.55. The summed E-state index contributed by atoms with van der Waals surface area (Å²) < 4.78 is 27.7. The van der Waals surface area contributed by atoms with E-state index in [4.69, 9.17) is 11.6 Å². The molecule has 1 aliphatic carbocycles. The number of halogens is 3. The van der Waals surface area contributed by atoms with Gasteiger partial charge in [0.1, 0.15) is 12.2 Å². The summed E-state index contributed by atoms with van der Waals surface area (Å²) in [4.78, 5) is 14.6. The molecular weight excluding hydrogens is 416 g/mol. The van der Waals surface area contributed by atoms with Gasteiger partial charge in [-0.3, -0.25) is 9.48 Å². The van der Waals surface area contributed by atoms with Crippen molar-refractivity contribution in [1.82, 2.24) is 9.78 Å². The first-order valence-corrected chi connectivity index (χ1v) is 10.4. The van der Waals surface area contributed by atoms with Crippen LogP contribution in [0.2, 0.25) is 5.02 Å². The minimum Gasteiger partial charge on any atom is -0.323 e. The Hall–Kier alpha value is -2.38. The Labute approximate surface area is 176 Å². The van der Waals surface area contributed by atoms with Gasteiger partial charge in [-0.15, -0.1) is 0 Å².